The zero-order valence-corrected chi connectivity index (χ0v) is 26.5. The van der Waals surface area contributed by atoms with E-state index >= 15 is 0 Å². The van der Waals surface area contributed by atoms with Crippen molar-refractivity contribution in [1.82, 2.24) is 0 Å². The Labute approximate surface area is 241 Å². The van der Waals surface area contributed by atoms with Crippen molar-refractivity contribution in [3.05, 3.63) is 52.1 Å². The molecule has 3 heteroatoms. The highest BCUT2D eigenvalue weighted by atomic mass is 16.5. The van der Waals surface area contributed by atoms with Crippen LogP contribution >= 0.6 is 0 Å². The quantitative estimate of drug-likeness (QED) is 0.109. The number of allylic oxidation sites excluding steroid dienone is 4. The Kier molecular flexibility index (Phi) is 18.7. The number of ether oxygens (including phenoxy) is 1. The molecular weight excluding hydrogens is 480 g/mol. The second-order valence-corrected chi connectivity index (χ2v) is 12.1. The number of aliphatic carboxylic acids is 1. The van der Waals surface area contributed by atoms with E-state index in [1.165, 1.54) is 72.8 Å². The van der Waals surface area contributed by atoms with Gasteiger partial charge in [0.15, 0.2) is 0 Å². The molecule has 2 unspecified atom stereocenters. The van der Waals surface area contributed by atoms with E-state index in [0.29, 0.717) is 12.3 Å². The van der Waals surface area contributed by atoms with Crippen molar-refractivity contribution in [2.45, 2.75) is 145 Å². The van der Waals surface area contributed by atoms with Crippen LogP contribution in [0.4, 0.5) is 0 Å². The van der Waals surface area contributed by atoms with Crippen LogP contribution in [0.25, 0.3) is 0 Å². The predicted molar refractivity (Wildman–Crippen MR) is 166 cm³/mol. The van der Waals surface area contributed by atoms with E-state index in [-0.39, 0.29) is 5.92 Å². The Morgan fingerprint density at radius 1 is 0.872 bits per heavy atom. The minimum Gasteiger partial charge on any atom is -0.550 e. The van der Waals surface area contributed by atoms with Gasteiger partial charge in [-0.15, -0.1) is 0 Å². The zero-order chi connectivity index (χ0) is 29.0. The summed E-state index contributed by atoms with van der Waals surface area (Å²) < 4.78 is 6.36. The van der Waals surface area contributed by atoms with Crippen LogP contribution in [0.2, 0.25) is 0 Å². The third-order valence-corrected chi connectivity index (χ3v) is 8.20. The van der Waals surface area contributed by atoms with Gasteiger partial charge in [-0.2, -0.15) is 0 Å². The topological polar surface area (TPSA) is 49.4 Å². The van der Waals surface area contributed by atoms with E-state index in [0.717, 1.165) is 57.3 Å². The number of hydrogen-bond donors (Lipinski definition) is 0. The summed E-state index contributed by atoms with van der Waals surface area (Å²) in [5.74, 6) is 0.520. The summed E-state index contributed by atoms with van der Waals surface area (Å²) >= 11 is 0. The van der Waals surface area contributed by atoms with Gasteiger partial charge in [0.05, 0.1) is 6.61 Å². The Morgan fingerprint density at radius 2 is 1.49 bits per heavy atom. The highest BCUT2D eigenvalue weighted by Crippen LogP contribution is 2.29. The number of unbranched alkanes of at least 4 members (excludes halogenated alkanes) is 5. The SMILES string of the molecule is CCCCCCCCOc1c(CCC(C)CC/C=C(\C)CCC/C(C)=C/CCC(C)C(=O)[O-])ccc(C)c1C. The average Bonchev–Trinajstić information content (AvgIpc) is 2.89. The molecule has 0 aliphatic heterocycles. The van der Waals surface area contributed by atoms with Crippen LogP contribution in [0.15, 0.2) is 35.4 Å². The van der Waals surface area contributed by atoms with E-state index in [9.17, 15) is 9.90 Å². The van der Waals surface area contributed by atoms with Gasteiger partial charge in [-0.1, -0.05) is 88.3 Å². The van der Waals surface area contributed by atoms with Crippen LogP contribution in [0.3, 0.4) is 0 Å². The molecule has 1 rings (SSSR count). The van der Waals surface area contributed by atoms with Crippen LogP contribution in [-0.2, 0) is 11.2 Å². The fraction of sp³-hybridized carbons (Fsp3) is 0.694. The van der Waals surface area contributed by atoms with Gasteiger partial charge in [-0.25, -0.2) is 0 Å². The summed E-state index contributed by atoms with van der Waals surface area (Å²) in [7, 11) is 0. The lowest BCUT2D eigenvalue weighted by molar-refractivity contribution is -0.311. The van der Waals surface area contributed by atoms with E-state index in [2.05, 4.69) is 65.8 Å². The van der Waals surface area contributed by atoms with Gasteiger partial charge in [0, 0.05) is 5.97 Å². The normalized spacial score (nSPS) is 13.9. The summed E-state index contributed by atoms with van der Waals surface area (Å²) in [6.45, 7) is 16.0. The Hall–Kier alpha value is -2.03. The molecule has 0 saturated carbocycles. The van der Waals surface area contributed by atoms with Gasteiger partial charge in [-0.05, 0) is 120 Å². The van der Waals surface area contributed by atoms with Crippen molar-refractivity contribution in [3.63, 3.8) is 0 Å². The number of carbonyl (C=O) groups is 1. The predicted octanol–water partition coefficient (Wildman–Crippen LogP) is 9.62. The first-order chi connectivity index (χ1) is 18.6. The fourth-order valence-electron chi connectivity index (χ4n) is 5.01. The zero-order valence-electron chi connectivity index (χ0n) is 26.5. The highest BCUT2D eigenvalue weighted by molar-refractivity contribution is 5.66. The lowest BCUT2D eigenvalue weighted by Gasteiger charge is -2.18. The standard InChI is InChI=1S/C36H60O3/c1-8-9-10-11-12-13-27-39-35-33(7)31(5)24-26-34(35)25-23-30(4)20-15-19-28(2)17-14-18-29(3)21-16-22-32(6)36(37)38/h19,21,24,26,30,32H,8-18,20,22-23,25,27H2,1-7H3,(H,37,38)/p-1/b28-19+,29-21+. The summed E-state index contributed by atoms with van der Waals surface area (Å²) in [6.07, 6.45) is 21.9. The molecule has 0 radical (unpaired) electrons. The van der Waals surface area contributed by atoms with Crippen molar-refractivity contribution in [2.24, 2.45) is 11.8 Å². The maximum absolute atomic E-state index is 10.8. The van der Waals surface area contributed by atoms with Gasteiger partial charge < -0.3 is 14.6 Å². The second kappa shape index (κ2) is 20.8. The molecule has 0 aromatic heterocycles. The molecule has 39 heavy (non-hydrogen) atoms. The molecule has 0 amide bonds. The first-order valence-corrected chi connectivity index (χ1v) is 15.9. The van der Waals surface area contributed by atoms with Crippen molar-refractivity contribution in [3.8, 4) is 5.75 Å². The van der Waals surface area contributed by atoms with Gasteiger partial charge >= 0.3 is 0 Å². The van der Waals surface area contributed by atoms with E-state index < -0.39 is 5.97 Å². The molecule has 0 N–H and O–H groups in total. The van der Waals surface area contributed by atoms with Crippen LogP contribution < -0.4 is 9.84 Å². The van der Waals surface area contributed by atoms with Crippen molar-refractivity contribution in [1.29, 1.82) is 0 Å². The van der Waals surface area contributed by atoms with Gasteiger partial charge in [0.1, 0.15) is 5.75 Å². The maximum atomic E-state index is 10.8. The molecule has 3 nitrogen and oxygen atoms in total. The lowest BCUT2D eigenvalue weighted by Crippen LogP contribution is -2.29. The van der Waals surface area contributed by atoms with Crippen LogP contribution in [0.1, 0.15) is 141 Å². The molecular formula is C36H59O3-. The second-order valence-electron chi connectivity index (χ2n) is 12.1. The summed E-state index contributed by atoms with van der Waals surface area (Å²) in [4.78, 5) is 10.8. The average molecular weight is 540 g/mol. The largest absolute Gasteiger partial charge is 0.550 e. The summed E-state index contributed by atoms with van der Waals surface area (Å²) in [6, 6.07) is 4.54. The first kappa shape index (κ1) is 35.0. The molecule has 0 bridgehead atoms. The van der Waals surface area contributed by atoms with Crippen LogP contribution in [0.5, 0.6) is 5.75 Å². The minimum absolute atomic E-state index is 0.368. The minimum atomic E-state index is -0.945. The molecule has 0 heterocycles. The molecule has 0 aliphatic rings. The monoisotopic (exact) mass is 539 g/mol. The molecule has 0 spiro atoms. The lowest BCUT2D eigenvalue weighted by atomic mass is 9.94. The number of rotatable bonds is 22. The number of benzene rings is 1. The van der Waals surface area contributed by atoms with Crippen molar-refractivity contribution >= 4 is 5.97 Å². The van der Waals surface area contributed by atoms with Crippen molar-refractivity contribution in [2.75, 3.05) is 6.61 Å². The van der Waals surface area contributed by atoms with Gasteiger partial charge in [-0.3, -0.25) is 0 Å². The number of carboxylic acids is 1. The third-order valence-electron chi connectivity index (χ3n) is 8.20. The molecule has 0 fully saturated rings. The van der Waals surface area contributed by atoms with Crippen LogP contribution in [0, 0.1) is 25.7 Å². The van der Waals surface area contributed by atoms with Crippen molar-refractivity contribution < 1.29 is 14.6 Å². The molecule has 0 aliphatic carbocycles. The molecule has 1 aromatic carbocycles. The molecule has 2 atom stereocenters. The molecule has 1 aromatic rings. The maximum Gasteiger partial charge on any atom is 0.125 e. The fourth-order valence-corrected chi connectivity index (χ4v) is 5.01. The number of hydrogen-bond acceptors (Lipinski definition) is 3. The smallest absolute Gasteiger partial charge is 0.125 e. The van der Waals surface area contributed by atoms with Gasteiger partial charge in [0.2, 0.25) is 0 Å². The first-order valence-electron chi connectivity index (χ1n) is 15.9. The molecule has 222 valence electrons. The van der Waals surface area contributed by atoms with E-state index in [1.807, 2.05) is 0 Å². The Balaban J connectivity index is 2.38. The number of aryl methyl sites for hydroxylation is 2. The highest BCUT2D eigenvalue weighted by Gasteiger charge is 2.11. The summed E-state index contributed by atoms with van der Waals surface area (Å²) in [5.41, 5.74) is 6.85. The van der Waals surface area contributed by atoms with E-state index in [4.69, 9.17) is 4.74 Å². The number of carboxylic acid groups (broad SMARTS) is 1. The molecule has 0 saturated heterocycles. The summed E-state index contributed by atoms with van der Waals surface area (Å²) in [5, 5.41) is 10.8. The number of carbonyl (C=O) groups excluding carboxylic acids is 1. The van der Waals surface area contributed by atoms with Gasteiger partial charge in [0.25, 0.3) is 0 Å². The van der Waals surface area contributed by atoms with Crippen LogP contribution in [-0.4, -0.2) is 12.6 Å². The Morgan fingerprint density at radius 3 is 2.13 bits per heavy atom. The van der Waals surface area contributed by atoms with E-state index in [1.54, 1.807) is 6.92 Å². The Bertz CT molecular complexity index is 880. The third kappa shape index (κ3) is 16.0.